The molecule has 8 heteroatoms. The van der Waals surface area contributed by atoms with Crippen LogP contribution in [0.2, 0.25) is 0 Å². The Labute approximate surface area is 196 Å². The molecule has 0 amide bonds. The van der Waals surface area contributed by atoms with Crippen LogP contribution in [-0.2, 0) is 17.8 Å². The molecule has 2 N–H and O–H groups in total. The Morgan fingerprint density at radius 1 is 1.10 bits per heavy atom. The van der Waals surface area contributed by atoms with E-state index in [1.807, 2.05) is 26.0 Å². The van der Waals surface area contributed by atoms with Gasteiger partial charge in [-0.1, -0.05) is 18.2 Å². The van der Waals surface area contributed by atoms with Crippen molar-refractivity contribution in [2.24, 2.45) is 4.99 Å². The average Bonchev–Trinajstić information content (AvgIpc) is 2.70. The molecular formula is C22H33IN4O3. The number of nitrogens with zero attached hydrogens (tertiary/aromatic N) is 2. The highest BCUT2D eigenvalue weighted by Crippen LogP contribution is 2.21. The third-order valence-electron chi connectivity index (χ3n) is 4.08. The molecule has 0 unspecified atom stereocenters. The summed E-state index contributed by atoms with van der Waals surface area (Å²) in [5, 5.41) is 6.64. The second kappa shape index (κ2) is 14.0. The van der Waals surface area contributed by atoms with Gasteiger partial charge in [0, 0.05) is 44.6 Å². The summed E-state index contributed by atoms with van der Waals surface area (Å²) in [6.07, 6.45) is 1.84. The molecule has 0 aliphatic rings. The topological polar surface area (TPSA) is 77.0 Å². The zero-order chi connectivity index (χ0) is 21.1. The number of guanidine groups is 1. The SMILES string of the molecule is CN=C(NCc1ccc(C)cc1OC(C)C)NCc1cccnc1OCCOC.I. The van der Waals surface area contributed by atoms with Crippen molar-refractivity contribution < 1.29 is 14.2 Å². The Balaban J connectivity index is 0.00000450. The first-order chi connectivity index (χ1) is 14.0. The van der Waals surface area contributed by atoms with Gasteiger partial charge in [-0.25, -0.2) is 4.98 Å². The van der Waals surface area contributed by atoms with Crippen LogP contribution in [0.5, 0.6) is 11.6 Å². The summed E-state index contributed by atoms with van der Waals surface area (Å²) in [5.41, 5.74) is 3.20. The number of halogens is 1. The van der Waals surface area contributed by atoms with Crippen molar-refractivity contribution in [3.05, 3.63) is 53.2 Å². The van der Waals surface area contributed by atoms with Crippen molar-refractivity contribution in [1.29, 1.82) is 0 Å². The fraction of sp³-hybridized carbons (Fsp3) is 0.455. The first kappa shape index (κ1) is 26.0. The van der Waals surface area contributed by atoms with E-state index >= 15 is 0 Å². The number of methoxy groups -OCH3 is 1. The molecule has 0 aliphatic heterocycles. The van der Waals surface area contributed by atoms with Gasteiger partial charge in [-0.15, -0.1) is 24.0 Å². The standard InChI is InChI=1S/C22H32N4O3.HI/c1-16(2)29-20-13-17(3)8-9-18(20)14-25-22(23-4)26-15-19-7-6-10-24-21(19)28-12-11-27-5;/h6-10,13,16H,11-12,14-15H2,1-5H3,(H2,23,25,26);1H. The number of aryl methyl sites for hydroxylation is 1. The molecule has 0 bridgehead atoms. The first-order valence-electron chi connectivity index (χ1n) is 9.79. The van der Waals surface area contributed by atoms with Crippen LogP contribution in [0.3, 0.4) is 0 Å². The number of pyridine rings is 1. The van der Waals surface area contributed by atoms with Crippen LogP contribution in [0.15, 0.2) is 41.5 Å². The van der Waals surface area contributed by atoms with Gasteiger partial charge >= 0.3 is 0 Å². The highest BCUT2D eigenvalue weighted by Gasteiger charge is 2.09. The van der Waals surface area contributed by atoms with Gasteiger partial charge in [0.05, 0.1) is 12.7 Å². The molecule has 0 saturated carbocycles. The second-order valence-corrected chi connectivity index (χ2v) is 6.87. The molecule has 0 radical (unpaired) electrons. The fourth-order valence-electron chi connectivity index (χ4n) is 2.66. The first-order valence-corrected chi connectivity index (χ1v) is 9.79. The van der Waals surface area contributed by atoms with Crippen LogP contribution in [-0.4, -0.2) is 44.4 Å². The van der Waals surface area contributed by atoms with Crippen LogP contribution in [0.25, 0.3) is 0 Å². The summed E-state index contributed by atoms with van der Waals surface area (Å²) in [5.74, 6) is 2.18. The molecule has 7 nitrogen and oxygen atoms in total. The average molecular weight is 528 g/mol. The summed E-state index contributed by atoms with van der Waals surface area (Å²) in [4.78, 5) is 8.60. The van der Waals surface area contributed by atoms with Gasteiger partial charge < -0.3 is 24.8 Å². The highest BCUT2D eigenvalue weighted by molar-refractivity contribution is 14.0. The number of aliphatic imine (C=N–C) groups is 1. The van der Waals surface area contributed by atoms with Crippen molar-refractivity contribution in [1.82, 2.24) is 15.6 Å². The summed E-state index contributed by atoms with van der Waals surface area (Å²) in [7, 11) is 3.39. The van der Waals surface area contributed by atoms with Gasteiger partial charge in [0.2, 0.25) is 5.88 Å². The Bertz CT molecular complexity index is 800. The van der Waals surface area contributed by atoms with Gasteiger partial charge in [0.25, 0.3) is 0 Å². The maximum Gasteiger partial charge on any atom is 0.218 e. The molecule has 1 aromatic carbocycles. The number of rotatable bonds is 10. The molecule has 0 saturated heterocycles. The third kappa shape index (κ3) is 8.74. The maximum atomic E-state index is 5.95. The molecule has 0 atom stereocenters. The van der Waals surface area contributed by atoms with Crippen molar-refractivity contribution >= 4 is 29.9 Å². The van der Waals surface area contributed by atoms with Crippen LogP contribution in [0, 0.1) is 6.92 Å². The molecule has 166 valence electrons. The Morgan fingerprint density at radius 3 is 2.50 bits per heavy atom. The van der Waals surface area contributed by atoms with E-state index in [-0.39, 0.29) is 30.1 Å². The molecule has 1 heterocycles. The quantitative estimate of drug-likeness (QED) is 0.212. The van der Waals surface area contributed by atoms with Gasteiger partial charge in [-0.2, -0.15) is 0 Å². The van der Waals surface area contributed by atoms with E-state index in [0.29, 0.717) is 38.1 Å². The van der Waals surface area contributed by atoms with Gasteiger partial charge in [-0.3, -0.25) is 4.99 Å². The summed E-state index contributed by atoms with van der Waals surface area (Å²) in [6, 6.07) is 10.1. The lowest BCUT2D eigenvalue weighted by molar-refractivity contribution is 0.143. The molecule has 0 spiro atoms. The normalized spacial score (nSPS) is 11.1. The van der Waals surface area contributed by atoms with Crippen LogP contribution in [0.4, 0.5) is 0 Å². The summed E-state index contributed by atoms with van der Waals surface area (Å²) >= 11 is 0. The molecule has 0 fully saturated rings. The summed E-state index contributed by atoms with van der Waals surface area (Å²) < 4.78 is 16.7. The molecule has 2 aromatic rings. The minimum Gasteiger partial charge on any atom is -0.491 e. The van der Waals surface area contributed by atoms with Crippen molar-refractivity contribution in [3.63, 3.8) is 0 Å². The predicted molar refractivity (Wildman–Crippen MR) is 131 cm³/mol. The van der Waals surface area contributed by atoms with Gasteiger partial charge in [0.15, 0.2) is 5.96 Å². The van der Waals surface area contributed by atoms with E-state index in [0.717, 1.165) is 16.9 Å². The van der Waals surface area contributed by atoms with Crippen LogP contribution in [0.1, 0.15) is 30.5 Å². The predicted octanol–water partition coefficient (Wildman–Crippen LogP) is 3.69. The molecular weight excluding hydrogens is 495 g/mol. The Hall–Kier alpha value is -2.07. The molecule has 30 heavy (non-hydrogen) atoms. The van der Waals surface area contributed by atoms with E-state index in [2.05, 4.69) is 45.7 Å². The zero-order valence-corrected chi connectivity index (χ0v) is 20.7. The highest BCUT2D eigenvalue weighted by atomic mass is 127. The zero-order valence-electron chi connectivity index (χ0n) is 18.4. The Morgan fingerprint density at radius 2 is 1.83 bits per heavy atom. The number of hydrogen-bond acceptors (Lipinski definition) is 5. The van der Waals surface area contributed by atoms with E-state index in [1.165, 1.54) is 5.56 Å². The number of benzene rings is 1. The van der Waals surface area contributed by atoms with E-state index in [9.17, 15) is 0 Å². The lowest BCUT2D eigenvalue weighted by atomic mass is 10.1. The maximum absolute atomic E-state index is 5.95. The number of ether oxygens (including phenoxy) is 3. The van der Waals surface area contributed by atoms with Crippen LogP contribution < -0.4 is 20.1 Å². The minimum atomic E-state index is 0. The molecule has 2 rings (SSSR count). The number of hydrogen-bond donors (Lipinski definition) is 2. The summed E-state index contributed by atoms with van der Waals surface area (Å²) in [6.45, 7) is 8.24. The molecule has 0 aliphatic carbocycles. The van der Waals surface area contributed by atoms with E-state index in [4.69, 9.17) is 14.2 Å². The van der Waals surface area contributed by atoms with Gasteiger partial charge in [-0.05, 0) is 38.5 Å². The lowest BCUT2D eigenvalue weighted by Crippen LogP contribution is -2.36. The van der Waals surface area contributed by atoms with Gasteiger partial charge in [0.1, 0.15) is 12.4 Å². The lowest BCUT2D eigenvalue weighted by Gasteiger charge is -2.17. The smallest absolute Gasteiger partial charge is 0.218 e. The minimum absolute atomic E-state index is 0. The van der Waals surface area contributed by atoms with Crippen molar-refractivity contribution in [3.8, 4) is 11.6 Å². The number of nitrogens with one attached hydrogen (secondary N) is 2. The van der Waals surface area contributed by atoms with Crippen molar-refractivity contribution in [2.75, 3.05) is 27.4 Å². The van der Waals surface area contributed by atoms with Crippen molar-refractivity contribution in [2.45, 2.75) is 40.0 Å². The van der Waals surface area contributed by atoms with E-state index < -0.39 is 0 Å². The molecule has 1 aromatic heterocycles. The monoisotopic (exact) mass is 528 g/mol. The number of aromatic nitrogens is 1. The Kier molecular flexibility index (Phi) is 12.1. The second-order valence-electron chi connectivity index (χ2n) is 6.87. The van der Waals surface area contributed by atoms with E-state index in [1.54, 1.807) is 20.4 Å². The van der Waals surface area contributed by atoms with Crippen LogP contribution >= 0.6 is 24.0 Å². The fourth-order valence-corrected chi connectivity index (χ4v) is 2.66. The third-order valence-corrected chi connectivity index (χ3v) is 4.08. The largest absolute Gasteiger partial charge is 0.491 e.